The summed E-state index contributed by atoms with van der Waals surface area (Å²) in [5, 5.41) is 6.77. The van der Waals surface area contributed by atoms with Crippen LogP contribution in [0.5, 0.6) is 0 Å². The molecule has 2 rings (SSSR count). The molecular weight excluding hydrogens is 161 g/mol. The Bertz CT molecular complexity index is 307. The molecule has 1 atom stereocenters. The Labute approximate surface area is 66.2 Å². The summed E-state index contributed by atoms with van der Waals surface area (Å²) in [5.74, 6) is 0.0792. The first-order valence-electron chi connectivity index (χ1n) is 3.35. The molecule has 0 bridgehead atoms. The number of fused-ring (bicyclic) bond motifs is 1. The molecule has 2 heterocycles. The van der Waals surface area contributed by atoms with E-state index in [-0.39, 0.29) is 5.91 Å². The molecule has 11 heavy (non-hydrogen) atoms. The van der Waals surface area contributed by atoms with E-state index in [0.717, 1.165) is 11.3 Å². The lowest BCUT2D eigenvalue weighted by Crippen LogP contribution is -2.30. The van der Waals surface area contributed by atoms with Gasteiger partial charge in [0.15, 0.2) is 0 Å². The van der Waals surface area contributed by atoms with E-state index in [1.165, 1.54) is 0 Å². The Morgan fingerprint density at radius 1 is 1.73 bits per heavy atom. The van der Waals surface area contributed by atoms with Crippen LogP contribution in [0.25, 0.3) is 0 Å². The summed E-state index contributed by atoms with van der Waals surface area (Å²) in [5.41, 5.74) is 2.11. The van der Waals surface area contributed by atoms with Crippen LogP contribution in [0.15, 0.2) is 6.20 Å². The zero-order valence-electron chi connectivity index (χ0n) is 5.87. The Morgan fingerprint density at radius 2 is 2.55 bits per heavy atom. The molecule has 0 saturated heterocycles. The van der Waals surface area contributed by atoms with Crippen LogP contribution in [-0.2, 0) is 17.8 Å². The SMILES string of the molecule is O=C1Cc2cnn(P)c2CN1. The fourth-order valence-corrected chi connectivity index (χ4v) is 1.51. The minimum absolute atomic E-state index is 0.0792. The highest BCUT2D eigenvalue weighted by atomic mass is 31.0. The van der Waals surface area contributed by atoms with E-state index in [2.05, 4.69) is 19.8 Å². The van der Waals surface area contributed by atoms with E-state index in [1.54, 1.807) is 10.6 Å². The fraction of sp³-hybridized carbons (Fsp3) is 0.333. The van der Waals surface area contributed by atoms with E-state index >= 15 is 0 Å². The smallest absolute Gasteiger partial charge is 0.224 e. The minimum atomic E-state index is 0.0792. The molecule has 0 radical (unpaired) electrons. The fourth-order valence-electron chi connectivity index (χ4n) is 1.18. The minimum Gasteiger partial charge on any atom is -0.350 e. The average molecular weight is 169 g/mol. The number of nitrogens with one attached hydrogen (secondary N) is 1. The summed E-state index contributed by atoms with van der Waals surface area (Å²) >= 11 is 0. The van der Waals surface area contributed by atoms with E-state index < -0.39 is 0 Å². The second-order valence-corrected chi connectivity index (χ2v) is 3.00. The maximum atomic E-state index is 10.9. The summed E-state index contributed by atoms with van der Waals surface area (Å²) in [4.78, 5) is 10.9. The number of rotatable bonds is 0. The number of carbonyl (C=O) groups excluding carboxylic acids is 1. The van der Waals surface area contributed by atoms with Crippen molar-refractivity contribution < 1.29 is 4.79 Å². The second kappa shape index (κ2) is 2.31. The van der Waals surface area contributed by atoms with Crippen molar-refractivity contribution in [2.24, 2.45) is 0 Å². The lowest BCUT2D eigenvalue weighted by molar-refractivity contribution is -0.121. The first kappa shape index (κ1) is 6.80. The molecule has 1 aliphatic rings. The number of nitrogens with zero attached hydrogens (tertiary/aromatic N) is 2. The maximum Gasteiger partial charge on any atom is 0.224 e. The van der Waals surface area contributed by atoms with Crippen LogP contribution in [0.2, 0.25) is 0 Å². The van der Waals surface area contributed by atoms with Crippen molar-refractivity contribution in [1.29, 1.82) is 0 Å². The Morgan fingerprint density at radius 3 is 3.36 bits per heavy atom. The summed E-state index contributed by atoms with van der Waals surface area (Å²) in [7, 11) is 2.48. The molecule has 1 aromatic heterocycles. The number of amides is 1. The van der Waals surface area contributed by atoms with Gasteiger partial charge in [0.25, 0.3) is 0 Å². The summed E-state index contributed by atoms with van der Waals surface area (Å²) in [6, 6.07) is 0. The van der Waals surface area contributed by atoms with Crippen LogP contribution in [-0.4, -0.2) is 15.5 Å². The van der Waals surface area contributed by atoms with E-state index in [4.69, 9.17) is 0 Å². The molecule has 5 heteroatoms. The molecule has 0 spiro atoms. The third-order valence-corrected chi connectivity index (χ3v) is 2.23. The van der Waals surface area contributed by atoms with Crippen LogP contribution in [0.4, 0.5) is 0 Å². The van der Waals surface area contributed by atoms with Gasteiger partial charge in [-0.1, -0.05) is 0 Å². The summed E-state index contributed by atoms with van der Waals surface area (Å²) in [6.07, 6.45) is 2.20. The highest BCUT2D eigenvalue weighted by Crippen LogP contribution is 2.14. The van der Waals surface area contributed by atoms with Gasteiger partial charge < -0.3 is 5.32 Å². The van der Waals surface area contributed by atoms with Gasteiger partial charge in [0.2, 0.25) is 5.91 Å². The normalized spacial score (nSPS) is 15.9. The number of hydrogen-bond donors (Lipinski definition) is 1. The molecule has 4 nitrogen and oxygen atoms in total. The summed E-state index contributed by atoms with van der Waals surface area (Å²) in [6.45, 7) is 0.595. The third-order valence-electron chi connectivity index (χ3n) is 1.79. The van der Waals surface area contributed by atoms with Crippen molar-refractivity contribution in [3.8, 4) is 0 Å². The van der Waals surface area contributed by atoms with Crippen LogP contribution < -0.4 is 5.32 Å². The van der Waals surface area contributed by atoms with Gasteiger partial charge in [0.1, 0.15) is 0 Å². The van der Waals surface area contributed by atoms with Gasteiger partial charge in [-0.25, -0.2) is 0 Å². The molecule has 0 aliphatic carbocycles. The molecule has 1 unspecified atom stereocenters. The lowest BCUT2D eigenvalue weighted by Gasteiger charge is -2.12. The van der Waals surface area contributed by atoms with Gasteiger partial charge in [0.05, 0.1) is 24.9 Å². The number of aromatic nitrogens is 2. The highest BCUT2D eigenvalue weighted by molar-refractivity contribution is 7.14. The standard InChI is InChI=1S/C6H8N3OP/c10-6-1-4-2-8-9(11)5(4)3-7-6/h2H,1,3,11H2,(H,7,10). The van der Waals surface area contributed by atoms with Gasteiger partial charge in [-0.15, -0.1) is 0 Å². The van der Waals surface area contributed by atoms with Gasteiger partial charge in [-0.3, -0.25) is 9.25 Å². The van der Waals surface area contributed by atoms with Gasteiger partial charge in [0, 0.05) is 5.56 Å². The molecule has 0 saturated carbocycles. The van der Waals surface area contributed by atoms with Crippen LogP contribution in [0.1, 0.15) is 11.3 Å². The van der Waals surface area contributed by atoms with Gasteiger partial charge >= 0.3 is 0 Å². The molecular formula is C6H8N3OP. The van der Waals surface area contributed by atoms with Crippen molar-refractivity contribution in [1.82, 2.24) is 14.9 Å². The van der Waals surface area contributed by atoms with E-state index in [9.17, 15) is 4.79 Å². The quantitative estimate of drug-likeness (QED) is 0.542. The molecule has 1 N–H and O–H groups in total. The van der Waals surface area contributed by atoms with Crippen molar-refractivity contribution in [2.45, 2.75) is 13.0 Å². The molecule has 58 valence electrons. The van der Waals surface area contributed by atoms with Gasteiger partial charge in [-0.05, 0) is 9.39 Å². The van der Waals surface area contributed by atoms with Crippen molar-refractivity contribution in [2.75, 3.05) is 0 Å². The van der Waals surface area contributed by atoms with Crippen molar-refractivity contribution in [3.63, 3.8) is 0 Å². The zero-order valence-corrected chi connectivity index (χ0v) is 7.03. The predicted octanol–water partition coefficient (Wildman–Crippen LogP) is -0.306. The van der Waals surface area contributed by atoms with Crippen LogP contribution in [0, 0.1) is 0 Å². The topological polar surface area (TPSA) is 46.9 Å². The molecule has 1 aliphatic heterocycles. The Hall–Kier alpha value is -0.890. The molecule has 1 aromatic rings. The lowest BCUT2D eigenvalue weighted by atomic mass is 10.1. The maximum absolute atomic E-state index is 10.9. The second-order valence-electron chi connectivity index (χ2n) is 2.51. The average Bonchev–Trinajstić information content (AvgIpc) is 2.32. The van der Waals surface area contributed by atoms with E-state index in [0.29, 0.717) is 13.0 Å². The highest BCUT2D eigenvalue weighted by Gasteiger charge is 2.17. The summed E-state index contributed by atoms with van der Waals surface area (Å²) < 4.78 is 1.72. The predicted molar refractivity (Wildman–Crippen MR) is 42.9 cm³/mol. The largest absolute Gasteiger partial charge is 0.350 e. The molecule has 1 amide bonds. The van der Waals surface area contributed by atoms with Crippen LogP contribution in [0.3, 0.4) is 0 Å². The number of hydrogen-bond acceptors (Lipinski definition) is 2. The monoisotopic (exact) mass is 169 g/mol. The van der Waals surface area contributed by atoms with Crippen molar-refractivity contribution >= 4 is 15.3 Å². The van der Waals surface area contributed by atoms with Crippen molar-refractivity contribution in [3.05, 3.63) is 17.5 Å². The molecule has 0 aromatic carbocycles. The molecule has 0 fully saturated rings. The third kappa shape index (κ3) is 1.03. The van der Waals surface area contributed by atoms with E-state index in [1.807, 2.05) is 0 Å². The zero-order chi connectivity index (χ0) is 7.84. The Balaban J connectivity index is 2.44. The van der Waals surface area contributed by atoms with Crippen LogP contribution >= 0.6 is 9.39 Å². The first-order chi connectivity index (χ1) is 5.27. The van der Waals surface area contributed by atoms with Gasteiger partial charge in [-0.2, -0.15) is 5.10 Å². The first-order valence-corrected chi connectivity index (χ1v) is 3.86. The number of carbonyl (C=O) groups is 1. The Kier molecular flexibility index (Phi) is 1.43.